The number of hydrogen-bond donors (Lipinski definition) is 1. The average Bonchev–Trinajstić information content (AvgIpc) is 3.23. The number of nitrogens with zero attached hydrogens (tertiary/aromatic N) is 2. The van der Waals surface area contributed by atoms with Crippen LogP contribution in [-0.2, 0) is 9.84 Å². The first-order chi connectivity index (χ1) is 16.7. The first kappa shape index (κ1) is 26.4. The molecule has 0 spiro atoms. The van der Waals surface area contributed by atoms with Gasteiger partial charge < -0.3 is 9.73 Å². The third-order valence-electron chi connectivity index (χ3n) is 4.32. The van der Waals surface area contributed by atoms with E-state index in [0.717, 1.165) is 18.0 Å². The molecule has 0 radical (unpaired) electrons. The summed E-state index contributed by atoms with van der Waals surface area (Å²) in [5, 5.41) is 3.69. The SMILES string of the molecule is CC\C=C/C(=C\C=C\NC(=O)c1nc(-c2ccc(F)cc2)oc1Sc1ccc(Cl)cn1)S(C)(=O)=O. The van der Waals surface area contributed by atoms with Crippen LogP contribution in [0, 0.1) is 5.82 Å². The van der Waals surface area contributed by atoms with Crippen LogP contribution in [0.3, 0.4) is 0 Å². The zero-order valence-corrected chi connectivity index (χ0v) is 21.1. The minimum absolute atomic E-state index is 0.0195. The quantitative estimate of drug-likeness (QED) is 0.346. The van der Waals surface area contributed by atoms with Crippen molar-refractivity contribution in [3.8, 4) is 11.5 Å². The molecule has 11 heteroatoms. The van der Waals surface area contributed by atoms with E-state index in [1.54, 1.807) is 18.2 Å². The fourth-order valence-electron chi connectivity index (χ4n) is 2.62. The van der Waals surface area contributed by atoms with Gasteiger partial charge in [0.25, 0.3) is 5.91 Å². The normalized spacial score (nSPS) is 12.5. The smallest absolute Gasteiger partial charge is 0.278 e. The molecule has 0 saturated carbocycles. The number of carbonyl (C=O) groups is 1. The molecule has 1 amide bonds. The summed E-state index contributed by atoms with van der Waals surface area (Å²) < 4.78 is 42.9. The molecule has 7 nitrogen and oxygen atoms in total. The zero-order valence-electron chi connectivity index (χ0n) is 18.7. The van der Waals surface area contributed by atoms with Gasteiger partial charge in [0.05, 0.1) is 9.93 Å². The van der Waals surface area contributed by atoms with E-state index in [4.69, 9.17) is 16.0 Å². The van der Waals surface area contributed by atoms with Gasteiger partial charge in [-0.1, -0.05) is 24.6 Å². The van der Waals surface area contributed by atoms with Gasteiger partial charge >= 0.3 is 0 Å². The van der Waals surface area contributed by atoms with Gasteiger partial charge in [0.2, 0.25) is 11.0 Å². The van der Waals surface area contributed by atoms with Crippen molar-refractivity contribution in [1.82, 2.24) is 15.3 Å². The Hall–Kier alpha value is -3.21. The molecular weight excluding hydrogens is 513 g/mol. The van der Waals surface area contributed by atoms with Crippen LogP contribution < -0.4 is 5.32 Å². The molecule has 3 aromatic rings. The largest absolute Gasteiger partial charge is 0.429 e. The van der Waals surface area contributed by atoms with Crippen LogP contribution in [0.4, 0.5) is 4.39 Å². The van der Waals surface area contributed by atoms with E-state index in [0.29, 0.717) is 22.0 Å². The fourth-order valence-corrected chi connectivity index (χ4v) is 4.19. The predicted octanol–water partition coefficient (Wildman–Crippen LogP) is 5.82. The van der Waals surface area contributed by atoms with E-state index in [-0.39, 0.29) is 21.6 Å². The van der Waals surface area contributed by atoms with Gasteiger partial charge in [-0.05, 0) is 72.8 Å². The van der Waals surface area contributed by atoms with Gasteiger partial charge in [-0.25, -0.2) is 22.8 Å². The maximum atomic E-state index is 13.3. The van der Waals surface area contributed by atoms with E-state index in [1.165, 1.54) is 54.9 Å². The van der Waals surface area contributed by atoms with Gasteiger partial charge in [-0.3, -0.25) is 4.79 Å². The van der Waals surface area contributed by atoms with Crippen molar-refractivity contribution in [3.05, 3.63) is 94.5 Å². The highest BCUT2D eigenvalue weighted by molar-refractivity contribution is 7.99. The number of benzene rings is 1. The van der Waals surface area contributed by atoms with Gasteiger partial charge in [-0.2, -0.15) is 0 Å². The number of oxazole rings is 1. The minimum atomic E-state index is -3.43. The minimum Gasteiger partial charge on any atom is -0.429 e. The molecule has 182 valence electrons. The van der Waals surface area contributed by atoms with Crippen LogP contribution >= 0.6 is 23.4 Å². The molecule has 2 heterocycles. The summed E-state index contributed by atoms with van der Waals surface area (Å²) in [6, 6.07) is 8.80. The van der Waals surface area contributed by atoms with Crippen molar-refractivity contribution in [3.63, 3.8) is 0 Å². The second kappa shape index (κ2) is 12.0. The average molecular weight is 534 g/mol. The summed E-state index contributed by atoms with van der Waals surface area (Å²) in [4.78, 5) is 21.4. The molecule has 0 fully saturated rings. The van der Waals surface area contributed by atoms with Gasteiger partial charge in [0, 0.05) is 24.2 Å². The van der Waals surface area contributed by atoms with E-state index < -0.39 is 21.6 Å². The van der Waals surface area contributed by atoms with E-state index in [1.807, 2.05) is 6.92 Å². The van der Waals surface area contributed by atoms with Crippen LogP contribution in [-0.4, -0.2) is 30.5 Å². The van der Waals surface area contributed by atoms with Crippen molar-refractivity contribution >= 4 is 39.1 Å². The summed E-state index contributed by atoms with van der Waals surface area (Å²) in [6.45, 7) is 1.89. The molecule has 35 heavy (non-hydrogen) atoms. The molecule has 2 aromatic heterocycles. The number of allylic oxidation sites excluding steroid dienone is 4. The summed E-state index contributed by atoms with van der Waals surface area (Å²) in [5.41, 5.74) is 0.462. The Balaban J connectivity index is 1.87. The summed E-state index contributed by atoms with van der Waals surface area (Å²) >= 11 is 6.95. The lowest BCUT2D eigenvalue weighted by Crippen LogP contribution is -2.18. The van der Waals surface area contributed by atoms with Crippen molar-refractivity contribution in [2.45, 2.75) is 23.5 Å². The van der Waals surface area contributed by atoms with Crippen LogP contribution in [0.2, 0.25) is 5.02 Å². The van der Waals surface area contributed by atoms with E-state index >= 15 is 0 Å². The number of rotatable bonds is 9. The molecule has 0 aliphatic rings. The molecule has 1 N–H and O–H groups in total. The second-order valence-corrected chi connectivity index (χ2v) is 10.5. The molecule has 0 saturated heterocycles. The number of nitrogens with one attached hydrogen (secondary N) is 1. The van der Waals surface area contributed by atoms with Crippen molar-refractivity contribution < 1.29 is 22.0 Å². The Morgan fingerprint density at radius 1 is 1.23 bits per heavy atom. The van der Waals surface area contributed by atoms with Gasteiger partial charge in [0.1, 0.15) is 10.8 Å². The molecule has 3 rings (SSSR count). The third-order valence-corrected chi connectivity index (χ3v) is 6.58. The third kappa shape index (κ3) is 7.64. The number of pyridine rings is 1. The highest BCUT2D eigenvalue weighted by Crippen LogP contribution is 2.33. The van der Waals surface area contributed by atoms with Crippen molar-refractivity contribution in [1.29, 1.82) is 0 Å². The molecule has 1 aromatic carbocycles. The van der Waals surface area contributed by atoms with E-state index in [9.17, 15) is 17.6 Å². The number of halogens is 2. The number of sulfone groups is 1. The van der Waals surface area contributed by atoms with Crippen LogP contribution in [0.5, 0.6) is 0 Å². The van der Waals surface area contributed by atoms with Crippen molar-refractivity contribution in [2.75, 3.05) is 6.26 Å². The zero-order chi connectivity index (χ0) is 25.4. The Morgan fingerprint density at radius 3 is 2.60 bits per heavy atom. The van der Waals surface area contributed by atoms with Crippen molar-refractivity contribution in [2.24, 2.45) is 0 Å². The fraction of sp³-hybridized carbons (Fsp3) is 0.125. The number of carbonyl (C=O) groups excluding carboxylic acids is 1. The highest BCUT2D eigenvalue weighted by Gasteiger charge is 2.22. The van der Waals surface area contributed by atoms with Gasteiger partial charge in [-0.15, -0.1) is 0 Å². The topological polar surface area (TPSA) is 102 Å². The second-order valence-electron chi connectivity index (χ2n) is 7.06. The summed E-state index contributed by atoms with van der Waals surface area (Å²) in [7, 11) is -3.43. The monoisotopic (exact) mass is 533 g/mol. The van der Waals surface area contributed by atoms with Crippen LogP contribution in [0.15, 0.2) is 92.5 Å². The summed E-state index contributed by atoms with van der Waals surface area (Å²) in [5.74, 6) is -0.883. The molecule has 0 aliphatic heterocycles. The first-order valence-electron chi connectivity index (χ1n) is 10.3. The molecule has 0 bridgehead atoms. The highest BCUT2D eigenvalue weighted by atomic mass is 35.5. The predicted molar refractivity (Wildman–Crippen MR) is 134 cm³/mol. The van der Waals surface area contributed by atoms with Crippen LogP contribution in [0.1, 0.15) is 23.8 Å². The first-order valence-corrected chi connectivity index (χ1v) is 13.4. The van der Waals surface area contributed by atoms with E-state index in [2.05, 4.69) is 15.3 Å². The maximum Gasteiger partial charge on any atom is 0.278 e. The van der Waals surface area contributed by atoms with Gasteiger partial charge in [0.15, 0.2) is 15.5 Å². The molecule has 0 atom stereocenters. The Bertz CT molecular complexity index is 1380. The number of hydrogen-bond acceptors (Lipinski definition) is 7. The molecule has 0 unspecified atom stereocenters. The number of aromatic nitrogens is 2. The van der Waals surface area contributed by atoms with Crippen LogP contribution in [0.25, 0.3) is 11.5 Å². The summed E-state index contributed by atoms with van der Waals surface area (Å²) in [6.07, 6.45) is 10.5. The Labute approximate surface area is 211 Å². The lowest BCUT2D eigenvalue weighted by molar-refractivity contribution is 0.0960. The molecular formula is C24H21ClFN3O4S2. The molecule has 0 aliphatic carbocycles. The Kier molecular flexibility index (Phi) is 9.02. The standard InChI is InChI=1S/C24H21ClFN3O4S2/c1-3-4-6-19(35(2,31)32)7-5-14-27-22(30)21-24(34-20-13-10-17(25)15-28-20)33-23(29-21)16-8-11-18(26)12-9-16/h4-15H,3H2,1-2H3,(H,27,30)/b6-4-,14-5+,19-7+. The Morgan fingerprint density at radius 2 is 1.97 bits per heavy atom. The maximum absolute atomic E-state index is 13.3. The number of amides is 1. The lowest BCUT2D eigenvalue weighted by atomic mass is 10.2. The lowest BCUT2D eigenvalue weighted by Gasteiger charge is -2.00.